The van der Waals surface area contributed by atoms with Gasteiger partial charge in [-0.15, -0.1) is 10.2 Å². The first-order chi connectivity index (χ1) is 9.74. The van der Waals surface area contributed by atoms with Gasteiger partial charge in [-0.25, -0.2) is 4.39 Å². The molecular formula is C13H14FN5O. The molecule has 1 aromatic carbocycles. The fraction of sp³-hybridized carbons (Fsp3) is 0.385. The average Bonchev–Trinajstić information content (AvgIpc) is 2.82. The first-order valence-electron chi connectivity index (χ1n) is 6.57. The molecule has 2 aromatic rings. The van der Waals surface area contributed by atoms with Gasteiger partial charge >= 0.3 is 0 Å². The second-order valence-corrected chi connectivity index (χ2v) is 4.75. The predicted octanol–water partition coefficient (Wildman–Crippen LogP) is 1.32. The van der Waals surface area contributed by atoms with Crippen LogP contribution in [0.1, 0.15) is 25.3 Å². The normalized spacial score (nSPS) is 19.4. The van der Waals surface area contributed by atoms with Crippen LogP contribution >= 0.6 is 0 Å². The molecule has 6 nitrogen and oxygen atoms in total. The maximum atomic E-state index is 13.2. The monoisotopic (exact) mass is 275 g/mol. The number of carbonyl (C=O) groups is 1. The third-order valence-corrected chi connectivity index (χ3v) is 3.30. The molecule has 104 valence electrons. The van der Waals surface area contributed by atoms with Gasteiger partial charge in [0.15, 0.2) is 6.04 Å². The van der Waals surface area contributed by atoms with Gasteiger partial charge in [0, 0.05) is 12.1 Å². The summed E-state index contributed by atoms with van der Waals surface area (Å²) < 4.78 is 13.2. The van der Waals surface area contributed by atoms with Gasteiger partial charge in [-0.1, -0.05) is 12.1 Å². The van der Waals surface area contributed by atoms with Gasteiger partial charge < -0.3 is 5.32 Å². The minimum atomic E-state index is -0.438. The molecule has 7 heteroatoms. The Labute approximate surface area is 115 Å². The summed E-state index contributed by atoms with van der Waals surface area (Å²) in [7, 11) is 0. The van der Waals surface area contributed by atoms with Gasteiger partial charge in [0.25, 0.3) is 0 Å². The lowest BCUT2D eigenvalue weighted by atomic mass is 10.1. The van der Waals surface area contributed by atoms with E-state index < -0.39 is 6.04 Å². The van der Waals surface area contributed by atoms with Crippen LogP contribution in [0.2, 0.25) is 0 Å². The smallest absolute Gasteiger partial charge is 0.246 e. The molecule has 2 heterocycles. The zero-order valence-electron chi connectivity index (χ0n) is 10.8. The summed E-state index contributed by atoms with van der Waals surface area (Å²) >= 11 is 0. The summed E-state index contributed by atoms with van der Waals surface area (Å²) in [5, 5.41) is 14.9. The van der Waals surface area contributed by atoms with Crippen molar-refractivity contribution in [2.24, 2.45) is 0 Å². The predicted molar refractivity (Wildman–Crippen MR) is 69.1 cm³/mol. The molecule has 1 aromatic heterocycles. The van der Waals surface area contributed by atoms with E-state index in [9.17, 15) is 9.18 Å². The van der Waals surface area contributed by atoms with E-state index in [1.54, 1.807) is 12.1 Å². The van der Waals surface area contributed by atoms with E-state index >= 15 is 0 Å². The van der Waals surface area contributed by atoms with Gasteiger partial charge in [-0.3, -0.25) is 4.79 Å². The van der Waals surface area contributed by atoms with Crippen molar-refractivity contribution in [2.75, 3.05) is 6.54 Å². The molecule has 1 saturated heterocycles. The molecular weight excluding hydrogens is 261 g/mol. The fourth-order valence-corrected chi connectivity index (χ4v) is 2.24. The molecule has 0 aliphatic carbocycles. The molecule has 3 rings (SSSR count). The van der Waals surface area contributed by atoms with Crippen LogP contribution < -0.4 is 5.32 Å². The summed E-state index contributed by atoms with van der Waals surface area (Å²) in [6.45, 7) is 0.681. The number of halogens is 1. The molecule has 1 N–H and O–H groups in total. The number of aromatic nitrogens is 4. The molecule has 1 aliphatic heterocycles. The van der Waals surface area contributed by atoms with E-state index in [2.05, 4.69) is 20.7 Å². The lowest BCUT2D eigenvalue weighted by Gasteiger charge is -2.10. The highest BCUT2D eigenvalue weighted by atomic mass is 19.1. The minimum Gasteiger partial charge on any atom is -0.354 e. The second kappa shape index (κ2) is 5.36. The van der Waals surface area contributed by atoms with Crippen molar-refractivity contribution >= 4 is 5.91 Å². The molecule has 1 amide bonds. The Balaban J connectivity index is 1.87. The third kappa shape index (κ3) is 2.52. The highest BCUT2D eigenvalue weighted by Gasteiger charge is 2.25. The minimum absolute atomic E-state index is 0.0920. The second-order valence-electron chi connectivity index (χ2n) is 4.75. The van der Waals surface area contributed by atoms with E-state index in [0.717, 1.165) is 12.8 Å². The van der Waals surface area contributed by atoms with Crippen molar-refractivity contribution in [3.63, 3.8) is 0 Å². The van der Waals surface area contributed by atoms with Gasteiger partial charge in [-0.05, 0) is 36.6 Å². The highest BCUT2D eigenvalue weighted by molar-refractivity contribution is 5.80. The standard InChI is InChI=1S/C13H14FN5O/c14-10-5-3-4-9(8-10)12-16-18-19(17-12)11-6-1-2-7-15-13(11)20/h3-5,8,11H,1-2,6-7H2,(H,15,20). The Hall–Kier alpha value is -2.31. The molecule has 0 radical (unpaired) electrons. The summed E-state index contributed by atoms with van der Waals surface area (Å²) in [4.78, 5) is 13.2. The summed E-state index contributed by atoms with van der Waals surface area (Å²) in [6, 6.07) is 5.55. The topological polar surface area (TPSA) is 72.7 Å². The van der Waals surface area contributed by atoms with Crippen molar-refractivity contribution in [1.29, 1.82) is 0 Å². The lowest BCUT2D eigenvalue weighted by molar-refractivity contribution is -0.124. The number of benzene rings is 1. The van der Waals surface area contributed by atoms with Crippen LogP contribution in [-0.4, -0.2) is 32.7 Å². The maximum Gasteiger partial charge on any atom is 0.246 e. The summed E-state index contributed by atoms with van der Waals surface area (Å²) in [6.07, 6.45) is 2.57. The van der Waals surface area contributed by atoms with Crippen LogP contribution in [-0.2, 0) is 4.79 Å². The van der Waals surface area contributed by atoms with E-state index in [4.69, 9.17) is 0 Å². The van der Waals surface area contributed by atoms with Crippen molar-refractivity contribution in [3.05, 3.63) is 30.1 Å². The van der Waals surface area contributed by atoms with Crippen LogP contribution in [0.5, 0.6) is 0 Å². The molecule has 1 aliphatic rings. The number of hydrogen-bond donors (Lipinski definition) is 1. The number of tetrazole rings is 1. The number of nitrogens with zero attached hydrogens (tertiary/aromatic N) is 4. The number of nitrogens with one attached hydrogen (secondary N) is 1. The van der Waals surface area contributed by atoms with E-state index in [0.29, 0.717) is 24.4 Å². The van der Waals surface area contributed by atoms with Crippen molar-refractivity contribution < 1.29 is 9.18 Å². The Bertz CT molecular complexity index is 627. The average molecular weight is 275 g/mol. The van der Waals surface area contributed by atoms with Crippen molar-refractivity contribution in [3.8, 4) is 11.4 Å². The Kier molecular flexibility index (Phi) is 3.41. The van der Waals surface area contributed by atoms with Crippen LogP contribution in [0.15, 0.2) is 24.3 Å². The molecule has 20 heavy (non-hydrogen) atoms. The summed E-state index contributed by atoms with van der Waals surface area (Å²) in [5.74, 6) is -0.127. The zero-order valence-corrected chi connectivity index (χ0v) is 10.8. The molecule has 1 fully saturated rings. The van der Waals surface area contributed by atoms with Crippen molar-refractivity contribution in [1.82, 2.24) is 25.5 Å². The zero-order chi connectivity index (χ0) is 13.9. The van der Waals surface area contributed by atoms with Crippen LogP contribution in [0, 0.1) is 5.82 Å². The van der Waals surface area contributed by atoms with Gasteiger partial charge in [0.05, 0.1) is 0 Å². The van der Waals surface area contributed by atoms with E-state index in [1.165, 1.54) is 16.9 Å². The largest absolute Gasteiger partial charge is 0.354 e. The SMILES string of the molecule is O=C1NCCCCC1n1nnc(-c2cccc(F)c2)n1. The number of hydrogen-bond acceptors (Lipinski definition) is 4. The molecule has 0 saturated carbocycles. The number of amides is 1. The molecule has 0 bridgehead atoms. The van der Waals surface area contributed by atoms with E-state index in [-0.39, 0.29) is 11.7 Å². The Morgan fingerprint density at radius 3 is 3.10 bits per heavy atom. The first kappa shape index (κ1) is 12.7. The first-order valence-corrected chi connectivity index (χ1v) is 6.57. The molecule has 1 unspecified atom stereocenters. The van der Waals surface area contributed by atoms with Crippen LogP contribution in [0.3, 0.4) is 0 Å². The maximum absolute atomic E-state index is 13.2. The van der Waals surface area contributed by atoms with Gasteiger partial charge in [0.2, 0.25) is 11.7 Å². The number of carbonyl (C=O) groups excluding carboxylic acids is 1. The van der Waals surface area contributed by atoms with Gasteiger partial charge in [0.1, 0.15) is 5.82 Å². The lowest BCUT2D eigenvalue weighted by Crippen LogP contribution is -2.32. The van der Waals surface area contributed by atoms with Crippen LogP contribution in [0.25, 0.3) is 11.4 Å². The fourth-order valence-electron chi connectivity index (χ4n) is 2.24. The number of rotatable bonds is 2. The van der Waals surface area contributed by atoms with E-state index in [1.807, 2.05) is 0 Å². The van der Waals surface area contributed by atoms with Crippen LogP contribution in [0.4, 0.5) is 4.39 Å². The Morgan fingerprint density at radius 1 is 1.35 bits per heavy atom. The molecule has 0 spiro atoms. The Morgan fingerprint density at radius 2 is 2.25 bits per heavy atom. The highest BCUT2D eigenvalue weighted by Crippen LogP contribution is 2.19. The van der Waals surface area contributed by atoms with Crippen molar-refractivity contribution in [2.45, 2.75) is 25.3 Å². The van der Waals surface area contributed by atoms with Gasteiger partial charge in [-0.2, -0.15) is 4.80 Å². The molecule has 1 atom stereocenters. The third-order valence-electron chi connectivity index (χ3n) is 3.30. The quantitative estimate of drug-likeness (QED) is 0.897. The summed E-state index contributed by atoms with van der Waals surface area (Å²) in [5.41, 5.74) is 0.547.